The third kappa shape index (κ3) is 3.15. The zero-order valence-corrected chi connectivity index (χ0v) is 17.7. The maximum Gasteiger partial charge on any atom is 0.397 e. The van der Waals surface area contributed by atoms with E-state index >= 15 is 0 Å². The Balaban J connectivity index is 1.47. The first-order valence-electron chi connectivity index (χ1n) is 10.3. The fraction of sp³-hybridized carbons (Fsp3) is 0.304. The lowest BCUT2D eigenvalue weighted by Crippen LogP contribution is -2.62. The molecule has 0 radical (unpaired) electrons. The van der Waals surface area contributed by atoms with Gasteiger partial charge in [0.25, 0.3) is 5.91 Å². The molecule has 0 spiro atoms. The van der Waals surface area contributed by atoms with E-state index in [4.69, 9.17) is 9.73 Å². The van der Waals surface area contributed by atoms with Gasteiger partial charge in [0.05, 0.1) is 13.1 Å². The smallest absolute Gasteiger partial charge is 0.397 e. The van der Waals surface area contributed by atoms with Crippen molar-refractivity contribution in [2.75, 3.05) is 32.1 Å². The lowest BCUT2D eigenvalue weighted by molar-refractivity contribution is -0.545. The van der Waals surface area contributed by atoms with E-state index in [1.165, 1.54) is 16.8 Å². The number of urea groups is 1. The van der Waals surface area contributed by atoms with Gasteiger partial charge in [0.1, 0.15) is 17.2 Å². The van der Waals surface area contributed by atoms with Crippen LogP contribution in [-0.4, -0.2) is 71.3 Å². The Morgan fingerprint density at radius 3 is 2.35 bits per heavy atom. The van der Waals surface area contributed by atoms with Crippen molar-refractivity contribution >= 4 is 29.4 Å². The van der Waals surface area contributed by atoms with Crippen LogP contribution in [0.25, 0.3) is 0 Å². The number of guanidine groups is 1. The number of amides is 3. The average molecular weight is 418 g/mol. The molecule has 3 amide bonds. The fourth-order valence-corrected chi connectivity index (χ4v) is 4.31. The number of fused-ring (bicyclic) bond motifs is 2. The number of amidine groups is 1. The van der Waals surface area contributed by atoms with Crippen molar-refractivity contribution in [3.05, 3.63) is 54.6 Å². The lowest BCUT2D eigenvalue weighted by Gasteiger charge is -2.33. The number of anilines is 1. The van der Waals surface area contributed by atoms with Crippen LogP contribution in [0.1, 0.15) is 6.92 Å². The minimum absolute atomic E-state index is 0.238. The van der Waals surface area contributed by atoms with Gasteiger partial charge in [-0.05, 0) is 36.4 Å². The SMILES string of the molecule is CC1CN(c2ccc(Oc3ccccc3)cc2)C2=[N+](C1)C1C(=O)N(C)C(=O)N(C)C1=N2. The first kappa shape index (κ1) is 19.3. The van der Waals surface area contributed by atoms with Crippen molar-refractivity contribution in [2.45, 2.75) is 13.0 Å². The molecule has 5 rings (SSSR count). The second-order valence-corrected chi connectivity index (χ2v) is 8.19. The van der Waals surface area contributed by atoms with Crippen molar-refractivity contribution in [2.24, 2.45) is 10.9 Å². The highest BCUT2D eigenvalue weighted by atomic mass is 16.5. The number of carbonyl (C=O) groups is 2. The van der Waals surface area contributed by atoms with E-state index in [-0.39, 0.29) is 11.9 Å². The highest BCUT2D eigenvalue weighted by Crippen LogP contribution is 2.29. The van der Waals surface area contributed by atoms with Crippen molar-refractivity contribution in [1.29, 1.82) is 0 Å². The summed E-state index contributed by atoms with van der Waals surface area (Å²) in [6.45, 7) is 3.64. The van der Waals surface area contributed by atoms with Crippen molar-refractivity contribution in [1.82, 2.24) is 9.80 Å². The van der Waals surface area contributed by atoms with E-state index in [1.807, 2.05) is 59.2 Å². The molecule has 3 aliphatic heterocycles. The first-order valence-corrected chi connectivity index (χ1v) is 10.3. The maximum atomic E-state index is 12.9. The van der Waals surface area contributed by atoms with Crippen LogP contribution < -0.4 is 9.64 Å². The topological polar surface area (TPSA) is 68.5 Å². The van der Waals surface area contributed by atoms with Gasteiger partial charge >= 0.3 is 12.0 Å². The summed E-state index contributed by atoms with van der Waals surface area (Å²) in [5, 5.41) is 0. The van der Waals surface area contributed by atoms with E-state index in [0.717, 1.165) is 23.7 Å². The molecule has 8 nitrogen and oxygen atoms in total. The largest absolute Gasteiger partial charge is 0.457 e. The van der Waals surface area contributed by atoms with E-state index in [9.17, 15) is 9.59 Å². The molecular weight excluding hydrogens is 394 g/mol. The number of aliphatic imine (C=N–C) groups is 1. The molecule has 158 valence electrons. The molecule has 2 aromatic carbocycles. The number of benzene rings is 2. The van der Waals surface area contributed by atoms with Crippen molar-refractivity contribution in [3.8, 4) is 11.5 Å². The Morgan fingerprint density at radius 2 is 1.65 bits per heavy atom. The number of hydrogen-bond acceptors (Lipinski definition) is 5. The summed E-state index contributed by atoms with van der Waals surface area (Å²) in [6.07, 6.45) is 0. The van der Waals surface area contributed by atoms with Crippen LogP contribution in [0, 0.1) is 5.92 Å². The van der Waals surface area contributed by atoms with Crippen molar-refractivity contribution in [3.63, 3.8) is 0 Å². The number of rotatable bonds is 3. The normalized spacial score (nSPS) is 23.1. The molecule has 0 bridgehead atoms. The van der Waals surface area contributed by atoms with Crippen LogP contribution in [0.4, 0.5) is 10.5 Å². The van der Waals surface area contributed by atoms with Crippen LogP contribution in [-0.2, 0) is 4.79 Å². The van der Waals surface area contributed by atoms with Crippen LogP contribution in [0.2, 0.25) is 0 Å². The van der Waals surface area contributed by atoms with Gasteiger partial charge < -0.3 is 4.74 Å². The zero-order valence-electron chi connectivity index (χ0n) is 17.7. The second-order valence-electron chi connectivity index (χ2n) is 8.19. The third-order valence-corrected chi connectivity index (χ3v) is 5.88. The molecule has 2 atom stereocenters. The molecule has 31 heavy (non-hydrogen) atoms. The van der Waals surface area contributed by atoms with E-state index in [2.05, 4.69) is 11.8 Å². The highest BCUT2D eigenvalue weighted by Gasteiger charge is 2.54. The molecule has 3 heterocycles. The molecule has 2 aromatic rings. The predicted molar refractivity (Wildman–Crippen MR) is 117 cm³/mol. The molecule has 3 aliphatic rings. The summed E-state index contributed by atoms with van der Waals surface area (Å²) >= 11 is 0. The van der Waals surface area contributed by atoms with Gasteiger partial charge in [0.15, 0.2) is 0 Å². The van der Waals surface area contributed by atoms with Gasteiger partial charge in [-0.25, -0.2) is 14.3 Å². The van der Waals surface area contributed by atoms with Crippen LogP contribution in [0.15, 0.2) is 59.6 Å². The van der Waals surface area contributed by atoms with Gasteiger partial charge in [-0.2, -0.15) is 0 Å². The second kappa shape index (κ2) is 7.23. The monoisotopic (exact) mass is 418 g/mol. The third-order valence-electron chi connectivity index (χ3n) is 5.88. The summed E-state index contributed by atoms with van der Waals surface area (Å²) in [7, 11) is 3.19. The number of imide groups is 1. The number of likely N-dealkylation sites (N-methyl/N-ethyl adjacent to an activating group) is 2. The molecule has 0 N–H and O–H groups in total. The summed E-state index contributed by atoms with van der Waals surface area (Å²) in [6, 6.07) is 16.6. The lowest BCUT2D eigenvalue weighted by atomic mass is 10.1. The first-order chi connectivity index (χ1) is 14.9. The van der Waals surface area contributed by atoms with Crippen LogP contribution in [0.3, 0.4) is 0 Å². The Hall–Kier alpha value is -3.68. The van der Waals surface area contributed by atoms with E-state index in [0.29, 0.717) is 24.3 Å². The summed E-state index contributed by atoms with van der Waals surface area (Å²) in [5.41, 5.74) is 0.963. The average Bonchev–Trinajstić information content (AvgIpc) is 3.16. The number of para-hydroxylation sites is 1. The van der Waals surface area contributed by atoms with Crippen molar-refractivity contribution < 1.29 is 18.9 Å². The predicted octanol–water partition coefficient (Wildman–Crippen LogP) is 2.61. The number of ether oxygens (including phenoxy) is 1. The summed E-state index contributed by atoms with van der Waals surface area (Å²) < 4.78 is 7.91. The van der Waals surface area contributed by atoms with Crippen LogP contribution >= 0.6 is 0 Å². The van der Waals surface area contributed by atoms with Gasteiger partial charge in [0.2, 0.25) is 11.9 Å². The minimum Gasteiger partial charge on any atom is -0.457 e. The summed E-state index contributed by atoms with van der Waals surface area (Å²) in [5.74, 6) is 2.81. The molecule has 0 saturated carbocycles. The minimum atomic E-state index is -0.561. The molecule has 1 fully saturated rings. The quantitative estimate of drug-likeness (QED) is 0.719. The summed E-state index contributed by atoms with van der Waals surface area (Å²) in [4.78, 5) is 34.8. The Bertz CT molecular complexity index is 1110. The van der Waals surface area contributed by atoms with Gasteiger partial charge in [-0.1, -0.05) is 30.1 Å². The Morgan fingerprint density at radius 1 is 0.968 bits per heavy atom. The fourth-order valence-electron chi connectivity index (χ4n) is 4.31. The number of hydrogen-bond donors (Lipinski definition) is 0. The Kier molecular flexibility index (Phi) is 4.50. The van der Waals surface area contributed by atoms with Gasteiger partial charge in [-0.15, -0.1) is 0 Å². The van der Waals surface area contributed by atoms with Crippen LogP contribution in [0.5, 0.6) is 11.5 Å². The maximum absolute atomic E-state index is 12.9. The molecule has 8 heteroatoms. The number of nitrogens with zero attached hydrogens (tertiary/aromatic N) is 5. The van der Waals surface area contributed by atoms with E-state index < -0.39 is 6.04 Å². The zero-order chi connectivity index (χ0) is 21.7. The Labute approximate surface area is 180 Å². The highest BCUT2D eigenvalue weighted by molar-refractivity contribution is 6.23. The molecule has 2 unspecified atom stereocenters. The van der Waals surface area contributed by atoms with E-state index in [1.54, 1.807) is 7.05 Å². The number of carbonyl (C=O) groups excluding carboxylic acids is 2. The molecule has 0 aromatic heterocycles. The molecule has 0 aliphatic carbocycles. The van der Waals surface area contributed by atoms with Gasteiger partial charge in [-0.3, -0.25) is 14.6 Å². The standard InChI is InChI=1S/C23H24N5O3/c1-15-13-27(16-9-11-18(12-10-16)31-17-7-5-4-6-8-17)22-24-20-19(28(22)14-15)21(29)26(3)23(30)25(20)2/h4-12,15,19H,13-14H2,1-3H3/q+1. The molecular formula is C23H24N5O3+. The molecule has 1 saturated heterocycles. The van der Waals surface area contributed by atoms with Gasteiger partial charge in [0, 0.05) is 20.0 Å².